The lowest BCUT2D eigenvalue weighted by Crippen LogP contribution is -2.46. The van der Waals surface area contributed by atoms with Gasteiger partial charge in [-0.15, -0.1) is 0 Å². The van der Waals surface area contributed by atoms with Crippen molar-refractivity contribution in [2.75, 3.05) is 19.8 Å². The van der Waals surface area contributed by atoms with Gasteiger partial charge in [-0.05, 0) is 6.92 Å². The number of hydrogen-bond donors (Lipinski definition) is 17. The van der Waals surface area contributed by atoms with Gasteiger partial charge in [-0.3, -0.25) is 0 Å². The van der Waals surface area contributed by atoms with Gasteiger partial charge in [0.1, 0.15) is 79.4 Å². The number of aliphatic hydroxyl groups is 17. The predicted octanol–water partition coefficient (Wildman–Crippen LogP) is -11.2. The molecule has 0 aromatic rings. The van der Waals surface area contributed by atoms with Gasteiger partial charge in [-0.25, -0.2) is 0 Å². The maximum absolute atomic E-state index is 9.90. The third kappa shape index (κ3) is 21.4. The molecule has 0 aromatic carbocycles. The Morgan fingerprint density at radius 1 is 0.372 bits per heavy atom. The van der Waals surface area contributed by atoms with Crippen molar-refractivity contribution in [3.8, 4) is 0 Å². The minimum absolute atomic E-state index is 0.0258. The second-order valence-electron chi connectivity index (χ2n) is 8.44. The summed E-state index contributed by atoms with van der Waals surface area (Å²) in [5.41, 5.74) is 0. The Balaban J connectivity index is -0.000000236. The first-order valence-electron chi connectivity index (χ1n) is 12.0. The highest BCUT2D eigenvalue weighted by atomic mass is 16.4. The summed E-state index contributed by atoms with van der Waals surface area (Å²) in [5, 5.41) is 147. The van der Waals surface area contributed by atoms with E-state index in [1.54, 1.807) is 0 Å². The van der Waals surface area contributed by atoms with E-state index in [4.69, 9.17) is 86.8 Å². The Morgan fingerprint density at radius 2 is 0.581 bits per heavy atom. The molecule has 0 aliphatic rings. The molecule has 14 unspecified atom stereocenters. The van der Waals surface area contributed by atoms with E-state index in [1.807, 2.05) is 0 Å². The number of aldehydes is 4. The summed E-state index contributed by atoms with van der Waals surface area (Å²) in [6, 6.07) is 0. The standard InChI is InChI=1S/C6H12O6.C6H12O5.2C5H10O5/c7-1-3(9)5(11)6(12)4(10)2-8;1-3(8)5(10)6(11)4(9)2-7;2*6-1-3(8)5(10)4(9)2-7/h1,3-6,8-12H,2H2;2-6,8-11H,1H3;2*1,3-5,7-10H,2H2. The van der Waals surface area contributed by atoms with E-state index in [0.29, 0.717) is 0 Å². The third-order valence-electron chi connectivity index (χ3n) is 4.90. The number of rotatable bonds is 17. The van der Waals surface area contributed by atoms with Crippen LogP contribution in [-0.4, -0.2) is 217 Å². The van der Waals surface area contributed by atoms with Crippen molar-refractivity contribution in [1.29, 1.82) is 0 Å². The quantitative estimate of drug-likeness (QED) is 0.0653. The first-order valence-corrected chi connectivity index (χ1v) is 12.0. The maximum Gasteiger partial charge on any atom is 0.151 e. The Morgan fingerprint density at radius 3 is 0.791 bits per heavy atom. The molecule has 0 heterocycles. The first-order chi connectivity index (χ1) is 19.8. The maximum atomic E-state index is 9.90. The molecule has 21 heteroatoms. The highest BCUT2D eigenvalue weighted by Crippen LogP contribution is 2.04. The summed E-state index contributed by atoms with van der Waals surface area (Å²) in [6.45, 7) is -0.895. The molecule has 0 rings (SSSR count). The molecule has 0 aliphatic heterocycles. The van der Waals surface area contributed by atoms with E-state index in [-0.39, 0.29) is 25.1 Å². The van der Waals surface area contributed by atoms with E-state index in [9.17, 15) is 19.2 Å². The molecule has 0 radical (unpaired) electrons. The molecule has 0 aliphatic carbocycles. The van der Waals surface area contributed by atoms with Crippen LogP contribution in [0, 0.1) is 0 Å². The fourth-order valence-corrected chi connectivity index (χ4v) is 2.02. The third-order valence-corrected chi connectivity index (χ3v) is 4.90. The molecule has 0 bridgehead atoms. The zero-order chi connectivity index (χ0) is 35.0. The average molecular weight is 645 g/mol. The fraction of sp³-hybridized carbons (Fsp3) is 0.818. The van der Waals surface area contributed by atoms with Crippen LogP contribution in [0.4, 0.5) is 0 Å². The van der Waals surface area contributed by atoms with Gasteiger partial charge in [0.25, 0.3) is 0 Å². The average Bonchev–Trinajstić information content (AvgIpc) is 3.03. The van der Waals surface area contributed by atoms with Crippen LogP contribution in [0.1, 0.15) is 6.92 Å². The van der Waals surface area contributed by atoms with Crippen LogP contribution < -0.4 is 0 Å². The molecule has 0 spiro atoms. The van der Waals surface area contributed by atoms with Crippen LogP contribution in [0.2, 0.25) is 0 Å². The molecular formula is C22H44O21. The molecule has 21 nitrogen and oxygen atoms in total. The zero-order valence-corrected chi connectivity index (χ0v) is 22.7. The summed E-state index contributed by atoms with van der Waals surface area (Å²) < 4.78 is 0. The van der Waals surface area contributed by atoms with Gasteiger partial charge >= 0.3 is 0 Å². The van der Waals surface area contributed by atoms with Crippen molar-refractivity contribution in [2.45, 2.75) is 92.4 Å². The van der Waals surface area contributed by atoms with Gasteiger partial charge in [-0.2, -0.15) is 0 Å². The summed E-state index contributed by atoms with van der Waals surface area (Å²) in [6.07, 6.45) is -22.0. The number of carbonyl (C=O) groups excluding carboxylic acids is 4. The van der Waals surface area contributed by atoms with Crippen molar-refractivity contribution < 1.29 is 106 Å². The van der Waals surface area contributed by atoms with Crippen LogP contribution in [0.5, 0.6) is 0 Å². The Bertz CT molecular complexity index is 672. The van der Waals surface area contributed by atoms with Crippen LogP contribution in [0.25, 0.3) is 0 Å². The molecule has 0 amide bonds. The minimum Gasteiger partial charge on any atom is -0.394 e. The molecule has 258 valence electrons. The van der Waals surface area contributed by atoms with E-state index in [2.05, 4.69) is 0 Å². The summed E-state index contributed by atoms with van der Waals surface area (Å²) in [7, 11) is 0. The lowest BCUT2D eigenvalue weighted by Gasteiger charge is -2.22. The van der Waals surface area contributed by atoms with Crippen LogP contribution in [0.3, 0.4) is 0 Å². The van der Waals surface area contributed by atoms with E-state index >= 15 is 0 Å². The van der Waals surface area contributed by atoms with Crippen LogP contribution >= 0.6 is 0 Å². The van der Waals surface area contributed by atoms with Gasteiger partial charge in [0.2, 0.25) is 0 Å². The van der Waals surface area contributed by atoms with Crippen LogP contribution in [-0.2, 0) is 19.2 Å². The largest absolute Gasteiger partial charge is 0.394 e. The van der Waals surface area contributed by atoms with E-state index < -0.39 is 105 Å². The van der Waals surface area contributed by atoms with E-state index in [1.165, 1.54) is 6.92 Å². The highest BCUT2D eigenvalue weighted by molar-refractivity contribution is 5.57. The van der Waals surface area contributed by atoms with Crippen molar-refractivity contribution in [1.82, 2.24) is 0 Å². The Kier molecular flexibility index (Phi) is 30.7. The Labute approximate surface area is 244 Å². The summed E-state index contributed by atoms with van der Waals surface area (Å²) in [4.78, 5) is 39.3. The van der Waals surface area contributed by atoms with Crippen molar-refractivity contribution in [3.05, 3.63) is 0 Å². The molecule has 43 heavy (non-hydrogen) atoms. The topological polar surface area (TPSA) is 412 Å². The second kappa shape index (κ2) is 27.5. The summed E-state index contributed by atoms with van der Waals surface area (Å²) >= 11 is 0. The molecular weight excluding hydrogens is 600 g/mol. The Hall–Kier alpha value is -2.00. The first kappa shape index (κ1) is 47.9. The van der Waals surface area contributed by atoms with Crippen molar-refractivity contribution >= 4 is 25.1 Å². The molecule has 0 saturated heterocycles. The molecule has 0 saturated carbocycles. The number of aliphatic hydroxyl groups excluding tert-OH is 17. The number of carbonyl (C=O) groups is 4. The lowest BCUT2D eigenvalue weighted by molar-refractivity contribution is -0.136. The minimum atomic E-state index is -1.79. The normalized spacial score (nSPS) is 20.6. The molecule has 0 fully saturated rings. The van der Waals surface area contributed by atoms with Crippen molar-refractivity contribution in [2.24, 2.45) is 0 Å². The highest BCUT2D eigenvalue weighted by Gasteiger charge is 2.30. The zero-order valence-electron chi connectivity index (χ0n) is 22.7. The van der Waals surface area contributed by atoms with Gasteiger partial charge in [0, 0.05) is 0 Å². The monoisotopic (exact) mass is 644 g/mol. The fourth-order valence-electron chi connectivity index (χ4n) is 2.02. The van der Waals surface area contributed by atoms with Crippen LogP contribution in [0.15, 0.2) is 0 Å². The molecule has 14 atom stereocenters. The predicted molar refractivity (Wildman–Crippen MR) is 135 cm³/mol. The number of hydrogen-bond acceptors (Lipinski definition) is 21. The van der Waals surface area contributed by atoms with Crippen molar-refractivity contribution in [3.63, 3.8) is 0 Å². The van der Waals surface area contributed by atoms with Gasteiger partial charge in [-0.1, -0.05) is 0 Å². The molecule has 17 N–H and O–H groups in total. The van der Waals surface area contributed by atoms with E-state index in [0.717, 1.165) is 0 Å². The summed E-state index contributed by atoms with van der Waals surface area (Å²) in [5.74, 6) is 0. The molecule has 0 aromatic heterocycles. The van der Waals surface area contributed by atoms with Gasteiger partial charge in [0.15, 0.2) is 25.1 Å². The van der Waals surface area contributed by atoms with Gasteiger partial charge < -0.3 is 106 Å². The SMILES string of the molecule is CC(O)C(O)C(O)C(O)C=O.O=CC(O)C(O)C(O)C(O)CO.O=CC(O)C(O)C(O)CO.O=CC(O)C(O)C(O)CO. The second-order valence-corrected chi connectivity index (χ2v) is 8.44. The lowest BCUT2D eigenvalue weighted by atomic mass is 10.0. The van der Waals surface area contributed by atoms with Gasteiger partial charge in [0.05, 0.1) is 25.9 Å². The smallest absolute Gasteiger partial charge is 0.151 e.